The standard InChI is InChI=1S/C16H25NO4S/c1-6-13(4)17(14(5)18)11-15-7-9-16(10-8-15)21-22(19,20)12(2)3/h7-10,12-13H,6,11H2,1-5H3/t13-/m1/s1. The van der Waals surface area contributed by atoms with Gasteiger partial charge in [-0.25, -0.2) is 0 Å². The molecular formula is C16H25NO4S. The zero-order valence-corrected chi connectivity index (χ0v) is 14.7. The van der Waals surface area contributed by atoms with Gasteiger partial charge in [0, 0.05) is 19.5 Å². The third-order valence-corrected chi connectivity index (χ3v) is 5.17. The molecule has 0 fully saturated rings. The lowest BCUT2D eigenvalue weighted by Crippen LogP contribution is -2.36. The Morgan fingerprint density at radius 2 is 1.73 bits per heavy atom. The maximum absolute atomic E-state index is 11.7. The van der Waals surface area contributed by atoms with Crippen molar-refractivity contribution in [3.8, 4) is 5.75 Å². The number of nitrogens with zero attached hydrogens (tertiary/aromatic N) is 1. The second-order valence-electron chi connectivity index (χ2n) is 5.67. The molecule has 1 aromatic carbocycles. The lowest BCUT2D eigenvalue weighted by molar-refractivity contribution is -0.131. The van der Waals surface area contributed by atoms with Gasteiger partial charge in [-0.15, -0.1) is 0 Å². The van der Waals surface area contributed by atoms with Gasteiger partial charge in [-0.3, -0.25) is 4.79 Å². The summed E-state index contributed by atoms with van der Waals surface area (Å²) in [6, 6.07) is 6.95. The van der Waals surface area contributed by atoms with E-state index in [1.54, 1.807) is 49.9 Å². The van der Waals surface area contributed by atoms with Crippen LogP contribution in [-0.4, -0.2) is 30.5 Å². The predicted octanol–water partition coefficient (Wildman–Crippen LogP) is 2.95. The summed E-state index contributed by atoms with van der Waals surface area (Å²) >= 11 is 0. The molecule has 0 aliphatic carbocycles. The Hall–Kier alpha value is -1.56. The summed E-state index contributed by atoms with van der Waals surface area (Å²) in [5.74, 6) is 0.312. The first-order chi connectivity index (χ1) is 10.2. The smallest absolute Gasteiger partial charge is 0.311 e. The average molecular weight is 327 g/mol. The van der Waals surface area contributed by atoms with Crippen molar-refractivity contribution in [1.82, 2.24) is 4.90 Å². The Labute approximate surface area is 133 Å². The first kappa shape index (κ1) is 18.5. The quantitative estimate of drug-likeness (QED) is 0.722. The SMILES string of the molecule is CC[C@@H](C)N(Cc1ccc(OS(=O)(=O)C(C)C)cc1)C(C)=O. The lowest BCUT2D eigenvalue weighted by atomic mass is 10.1. The van der Waals surface area contributed by atoms with Gasteiger partial charge >= 0.3 is 10.1 Å². The van der Waals surface area contributed by atoms with Gasteiger partial charge in [0.2, 0.25) is 5.91 Å². The van der Waals surface area contributed by atoms with E-state index in [0.717, 1.165) is 12.0 Å². The molecule has 0 aliphatic heterocycles. The fourth-order valence-corrected chi connectivity index (χ4v) is 2.45. The monoisotopic (exact) mass is 327 g/mol. The number of hydrogen-bond donors (Lipinski definition) is 0. The van der Waals surface area contributed by atoms with Gasteiger partial charge in [-0.05, 0) is 44.9 Å². The Morgan fingerprint density at radius 3 is 2.14 bits per heavy atom. The Morgan fingerprint density at radius 1 is 1.18 bits per heavy atom. The highest BCUT2D eigenvalue weighted by Crippen LogP contribution is 2.18. The summed E-state index contributed by atoms with van der Waals surface area (Å²) in [6.07, 6.45) is 0.882. The number of carbonyl (C=O) groups is 1. The molecule has 0 heterocycles. The minimum absolute atomic E-state index is 0.0251. The molecule has 0 bridgehead atoms. The van der Waals surface area contributed by atoms with Crippen molar-refractivity contribution in [3.05, 3.63) is 29.8 Å². The molecule has 6 heteroatoms. The van der Waals surface area contributed by atoms with Crippen molar-refractivity contribution in [2.45, 2.75) is 58.9 Å². The van der Waals surface area contributed by atoms with Crippen LogP contribution < -0.4 is 4.18 Å². The highest BCUT2D eigenvalue weighted by atomic mass is 32.2. The van der Waals surface area contributed by atoms with E-state index < -0.39 is 15.4 Å². The average Bonchev–Trinajstić information content (AvgIpc) is 2.44. The second kappa shape index (κ2) is 7.63. The summed E-state index contributed by atoms with van der Waals surface area (Å²) in [7, 11) is -3.58. The van der Waals surface area contributed by atoms with Crippen molar-refractivity contribution in [2.75, 3.05) is 0 Å². The maximum atomic E-state index is 11.7. The fraction of sp³-hybridized carbons (Fsp3) is 0.562. The van der Waals surface area contributed by atoms with Gasteiger partial charge in [0.1, 0.15) is 5.75 Å². The van der Waals surface area contributed by atoms with Crippen LogP contribution in [0.2, 0.25) is 0 Å². The molecule has 0 unspecified atom stereocenters. The van der Waals surface area contributed by atoms with E-state index in [4.69, 9.17) is 4.18 Å². The van der Waals surface area contributed by atoms with Crippen LogP contribution in [0.15, 0.2) is 24.3 Å². The van der Waals surface area contributed by atoms with Crippen LogP contribution in [-0.2, 0) is 21.5 Å². The van der Waals surface area contributed by atoms with Crippen LogP contribution in [0.4, 0.5) is 0 Å². The van der Waals surface area contributed by atoms with Crippen LogP contribution in [0.3, 0.4) is 0 Å². The molecule has 0 radical (unpaired) electrons. The van der Waals surface area contributed by atoms with Gasteiger partial charge in [-0.1, -0.05) is 19.1 Å². The summed E-state index contributed by atoms with van der Waals surface area (Å²) in [5.41, 5.74) is 0.935. The van der Waals surface area contributed by atoms with Gasteiger partial charge in [0.25, 0.3) is 0 Å². The molecule has 0 spiro atoms. The fourth-order valence-electron chi connectivity index (χ4n) is 1.88. The number of rotatable bonds is 7. The second-order valence-corrected chi connectivity index (χ2v) is 7.77. The molecule has 1 rings (SSSR count). The largest absolute Gasteiger partial charge is 0.382 e. The van der Waals surface area contributed by atoms with Gasteiger partial charge in [0.15, 0.2) is 0 Å². The Kier molecular flexibility index (Phi) is 6.41. The minimum atomic E-state index is -3.58. The molecule has 1 aromatic rings. The number of hydrogen-bond acceptors (Lipinski definition) is 4. The van der Waals surface area contributed by atoms with Crippen molar-refractivity contribution in [1.29, 1.82) is 0 Å². The Bertz CT molecular complexity index is 593. The van der Waals surface area contributed by atoms with Crippen molar-refractivity contribution in [2.24, 2.45) is 0 Å². The van der Waals surface area contributed by atoms with Crippen LogP contribution in [0, 0.1) is 0 Å². The molecule has 5 nitrogen and oxygen atoms in total. The third-order valence-electron chi connectivity index (χ3n) is 3.59. The summed E-state index contributed by atoms with van der Waals surface area (Å²) < 4.78 is 28.4. The molecule has 0 aromatic heterocycles. The number of benzene rings is 1. The molecule has 0 saturated heterocycles. The predicted molar refractivity (Wildman–Crippen MR) is 87.1 cm³/mol. The highest BCUT2D eigenvalue weighted by molar-refractivity contribution is 7.87. The maximum Gasteiger partial charge on any atom is 0.311 e. The molecule has 22 heavy (non-hydrogen) atoms. The van der Waals surface area contributed by atoms with E-state index in [2.05, 4.69) is 0 Å². The van der Waals surface area contributed by atoms with Crippen molar-refractivity contribution < 1.29 is 17.4 Å². The first-order valence-electron chi connectivity index (χ1n) is 7.46. The molecule has 0 N–H and O–H groups in total. The van der Waals surface area contributed by atoms with E-state index >= 15 is 0 Å². The first-order valence-corrected chi connectivity index (χ1v) is 8.94. The zero-order valence-electron chi connectivity index (χ0n) is 13.9. The topological polar surface area (TPSA) is 63.7 Å². The van der Waals surface area contributed by atoms with Crippen molar-refractivity contribution >= 4 is 16.0 Å². The van der Waals surface area contributed by atoms with Gasteiger partial charge < -0.3 is 9.08 Å². The molecule has 1 amide bonds. The highest BCUT2D eigenvalue weighted by Gasteiger charge is 2.18. The van der Waals surface area contributed by atoms with E-state index in [1.807, 2.05) is 13.8 Å². The molecular weight excluding hydrogens is 302 g/mol. The number of carbonyl (C=O) groups excluding carboxylic acids is 1. The molecule has 1 atom stereocenters. The van der Waals surface area contributed by atoms with Crippen molar-refractivity contribution in [3.63, 3.8) is 0 Å². The molecule has 0 saturated carbocycles. The third kappa shape index (κ3) is 5.02. The number of amides is 1. The van der Waals surface area contributed by atoms with E-state index in [-0.39, 0.29) is 17.7 Å². The van der Waals surface area contributed by atoms with Crippen LogP contribution in [0.5, 0.6) is 5.75 Å². The van der Waals surface area contributed by atoms with E-state index in [9.17, 15) is 13.2 Å². The zero-order chi connectivity index (χ0) is 16.9. The normalized spacial score (nSPS) is 13.0. The lowest BCUT2D eigenvalue weighted by Gasteiger charge is -2.27. The summed E-state index contributed by atoms with van der Waals surface area (Å²) in [4.78, 5) is 13.5. The van der Waals surface area contributed by atoms with E-state index in [0.29, 0.717) is 6.54 Å². The van der Waals surface area contributed by atoms with Gasteiger partial charge in [0.05, 0.1) is 5.25 Å². The van der Waals surface area contributed by atoms with E-state index in [1.165, 1.54) is 0 Å². The Balaban J connectivity index is 2.82. The van der Waals surface area contributed by atoms with Crippen LogP contribution in [0.25, 0.3) is 0 Å². The minimum Gasteiger partial charge on any atom is -0.382 e. The van der Waals surface area contributed by atoms with Gasteiger partial charge in [-0.2, -0.15) is 8.42 Å². The molecule has 0 aliphatic rings. The molecule has 124 valence electrons. The summed E-state index contributed by atoms with van der Waals surface area (Å²) in [5, 5.41) is -0.592. The van der Waals surface area contributed by atoms with Crippen LogP contribution >= 0.6 is 0 Å². The van der Waals surface area contributed by atoms with Crippen LogP contribution in [0.1, 0.15) is 46.6 Å². The summed E-state index contributed by atoms with van der Waals surface area (Å²) in [6.45, 7) is 9.24.